The molecule has 3 aliphatic rings. The number of benzene rings is 2. The smallest absolute Gasteiger partial charge is 0.262 e. The quantitative estimate of drug-likeness (QED) is 0.431. The average molecular weight is 433 g/mol. The maximum atomic E-state index is 13.6. The van der Waals surface area contributed by atoms with Crippen LogP contribution in [0.1, 0.15) is 12.0 Å². The lowest BCUT2D eigenvalue weighted by molar-refractivity contribution is -0.140. The lowest BCUT2D eigenvalue weighted by Crippen LogP contribution is -2.28. The number of hydrogen-bond donors (Lipinski definition) is 1. The second-order valence-corrected chi connectivity index (χ2v) is 8.12. The van der Waals surface area contributed by atoms with Gasteiger partial charge in [-0.05, 0) is 48.1 Å². The van der Waals surface area contributed by atoms with Gasteiger partial charge < -0.3 is 10.1 Å². The van der Waals surface area contributed by atoms with Crippen LogP contribution in [-0.4, -0.2) is 35.6 Å². The molecule has 1 saturated carbocycles. The maximum absolute atomic E-state index is 13.6. The number of hydrazone groups is 1. The highest BCUT2D eigenvalue weighted by molar-refractivity contribution is 6.06. The first-order valence-corrected chi connectivity index (χ1v) is 10.4. The Hall–Kier alpha value is -3.81. The molecule has 7 nitrogen and oxygen atoms in total. The molecule has 5 rings (SSSR count). The third kappa shape index (κ3) is 3.57. The third-order valence-corrected chi connectivity index (χ3v) is 6.15. The second-order valence-electron chi connectivity index (χ2n) is 8.12. The number of carbonyl (C=O) groups excluding carboxylic acids is 3. The molecule has 2 aliphatic carbocycles. The second kappa shape index (κ2) is 8.03. The molecular formula is C24H20FN3O4. The van der Waals surface area contributed by atoms with E-state index in [4.69, 9.17) is 4.74 Å². The standard InChI is InChI=1S/C24H20FN3O4/c25-18-6-1-2-7-19(18)27-20(29)13-32-17-5-3-4-14(10-17)12-26-28-23(30)21-15-8-9-16(11-15)22(21)24(28)31/h1-10,12,15-16,21-22H,11,13H2,(H,27,29)/t15-,16-,21-,22+/m0/s1. The molecule has 0 spiro atoms. The predicted octanol–water partition coefficient (Wildman–Crippen LogP) is 2.98. The van der Waals surface area contributed by atoms with E-state index in [0.29, 0.717) is 11.3 Å². The van der Waals surface area contributed by atoms with Crippen LogP contribution in [-0.2, 0) is 14.4 Å². The molecule has 8 heteroatoms. The van der Waals surface area contributed by atoms with E-state index in [1.165, 1.54) is 24.4 Å². The van der Waals surface area contributed by atoms with Crippen LogP contribution in [0.15, 0.2) is 65.8 Å². The molecule has 3 amide bonds. The van der Waals surface area contributed by atoms with Gasteiger partial charge in [-0.1, -0.05) is 36.4 Å². The van der Waals surface area contributed by atoms with Gasteiger partial charge in [0.2, 0.25) is 0 Å². The normalized spacial score (nSPS) is 25.6. The summed E-state index contributed by atoms with van der Waals surface area (Å²) in [5.74, 6) is -1.45. The SMILES string of the molecule is O=C(COc1cccc(C=NN2C(=O)[C@@H]3[C@H](C2=O)[C@H]2C=C[C@H]3C2)c1)Nc1ccccc1F. The van der Waals surface area contributed by atoms with Crippen molar-refractivity contribution in [3.8, 4) is 5.75 Å². The van der Waals surface area contributed by atoms with E-state index in [9.17, 15) is 18.8 Å². The largest absolute Gasteiger partial charge is 0.484 e. The van der Waals surface area contributed by atoms with Crippen LogP contribution in [0.2, 0.25) is 0 Å². The Labute approximate surface area is 183 Å². The third-order valence-electron chi connectivity index (χ3n) is 6.15. The zero-order chi connectivity index (χ0) is 22.2. The van der Waals surface area contributed by atoms with E-state index in [1.807, 2.05) is 12.2 Å². The Balaban J connectivity index is 1.21. The molecule has 0 unspecified atom stereocenters. The lowest BCUT2D eigenvalue weighted by Gasteiger charge is -2.13. The summed E-state index contributed by atoms with van der Waals surface area (Å²) in [5.41, 5.74) is 0.686. The van der Waals surface area contributed by atoms with Gasteiger partial charge in [-0.15, -0.1) is 0 Å². The van der Waals surface area contributed by atoms with Crippen molar-refractivity contribution in [2.24, 2.45) is 28.8 Å². The van der Waals surface area contributed by atoms with Crippen LogP contribution in [0, 0.1) is 29.5 Å². The number of hydrogen-bond acceptors (Lipinski definition) is 5. The van der Waals surface area contributed by atoms with Gasteiger partial charge >= 0.3 is 0 Å². The number of imide groups is 1. The molecule has 1 saturated heterocycles. The number of halogens is 1. The van der Waals surface area contributed by atoms with Crippen LogP contribution in [0.25, 0.3) is 0 Å². The highest BCUT2D eigenvalue weighted by Gasteiger charge is 2.59. The Morgan fingerprint density at radius 2 is 1.81 bits per heavy atom. The van der Waals surface area contributed by atoms with Crippen molar-refractivity contribution in [1.29, 1.82) is 0 Å². The van der Waals surface area contributed by atoms with Crippen molar-refractivity contribution >= 4 is 29.6 Å². The Kier molecular flexibility index (Phi) is 5.05. The fourth-order valence-electron chi connectivity index (χ4n) is 4.71. The minimum atomic E-state index is -0.530. The van der Waals surface area contributed by atoms with Gasteiger partial charge in [-0.3, -0.25) is 14.4 Å². The number of nitrogens with zero attached hydrogens (tertiary/aromatic N) is 2. The number of rotatable bonds is 6. The van der Waals surface area contributed by atoms with Crippen LogP contribution >= 0.6 is 0 Å². The van der Waals surface area contributed by atoms with E-state index in [-0.39, 0.29) is 47.8 Å². The van der Waals surface area contributed by atoms with Crippen LogP contribution in [0.3, 0.4) is 0 Å². The number of amides is 3. The first-order valence-electron chi connectivity index (χ1n) is 10.4. The van der Waals surface area contributed by atoms with Crippen molar-refractivity contribution in [3.63, 3.8) is 0 Å². The number of para-hydroxylation sites is 1. The molecule has 32 heavy (non-hydrogen) atoms. The molecule has 2 fully saturated rings. The van der Waals surface area contributed by atoms with Gasteiger partial charge in [-0.25, -0.2) is 4.39 Å². The van der Waals surface area contributed by atoms with Gasteiger partial charge in [0.1, 0.15) is 11.6 Å². The Bertz CT molecular complexity index is 1130. The summed E-state index contributed by atoms with van der Waals surface area (Å²) in [7, 11) is 0. The predicted molar refractivity (Wildman–Crippen MR) is 114 cm³/mol. The first-order chi connectivity index (χ1) is 15.5. The fraction of sp³-hybridized carbons (Fsp3) is 0.250. The van der Waals surface area contributed by atoms with Crippen molar-refractivity contribution in [1.82, 2.24) is 5.01 Å². The van der Waals surface area contributed by atoms with E-state index in [0.717, 1.165) is 11.4 Å². The zero-order valence-corrected chi connectivity index (χ0v) is 17.0. The number of allylic oxidation sites excluding steroid dienone is 2. The molecule has 2 bridgehead atoms. The Morgan fingerprint density at radius 1 is 1.09 bits per heavy atom. The van der Waals surface area contributed by atoms with Gasteiger partial charge in [0.15, 0.2) is 6.61 Å². The monoisotopic (exact) mass is 433 g/mol. The topological polar surface area (TPSA) is 88.1 Å². The maximum Gasteiger partial charge on any atom is 0.262 e. The van der Waals surface area contributed by atoms with E-state index >= 15 is 0 Å². The molecule has 0 aromatic heterocycles. The fourth-order valence-corrected chi connectivity index (χ4v) is 4.71. The number of anilines is 1. The molecule has 1 N–H and O–H groups in total. The van der Waals surface area contributed by atoms with Gasteiger partial charge in [0.25, 0.3) is 17.7 Å². The summed E-state index contributed by atoms with van der Waals surface area (Å²) >= 11 is 0. The van der Waals surface area contributed by atoms with Crippen molar-refractivity contribution < 1.29 is 23.5 Å². The minimum Gasteiger partial charge on any atom is -0.484 e. The zero-order valence-electron chi connectivity index (χ0n) is 17.0. The summed E-state index contributed by atoms with van der Waals surface area (Å²) in [6.45, 7) is -0.308. The number of carbonyl (C=O) groups is 3. The Morgan fingerprint density at radius 3 is 2.53 bits per heavy atom. The minimum absolute atomic E-state index is 0.0790. The number of fused-ring (bicyclic) bond motifs is 5. The lowest BCUT2D eigenvalue weighted by atomic mass is 9.85. The van der Waals surface area contributed by atoms with Crippen LogP contribution in [0.5, 0.6) is 5.75 Å². The molecule has 162 valence electrons. The molecule has 1 heterocycles. The highest BCUT2D eigenvalue weighted by atomic mass is 19.1. The first kappa shape index (κ1) is 20.1. The molecule has 4 atom stereocenters. The number of ether oxygens (including phenoxy) is 1. The summed E-state index contributed by atoms with van der Waals surface area (Å²) in [6, 6.07) is 12.6. The molecule has 0 radical (unpaired) electrons. The van der Waals surface area contributed by atoms with Crippen LogP contribution < -0.4 is 10.1 Å². The van der Waals surface area contributed by atoms with Crippen molar-refractivity contribution in [2.75, 3.05) is 11.9 Å². The summed E-state index contributed by atoms with van der Waals surface area (Å²) < 4.78 is 19.1. The molecule has 2 aromatic carbocycles. The van der Waals surface area contributed by atoms with E-state index < -0.39 is 11.7 Å². The molecule has 1 aliphatic heterocycles. The van der Waals surface area contributed by atoms with Crippen molar-refractivity contribution in [2.45, 2.75) is 6.42 Å². The molecular weight excluding hydrogens is 413 g/mol. The summed E-state index contributed by atoms with van der Waals surface area (Å²) in [4.78, 5) is 37.4. The van der Waals surface area contributed by atoms with Crippen molar-refractivity contribution in [3.05, 3.63) is 72.1 Å². The molecule has 2 aromatic rings. The summed E-state index contributed by atoms with van der Waals surface area (Å²) in [6.07, 6.45) is 6.37. The van der Waals surface area contributed by atoms with E-state index in [2.05, 4.69) is 10.4 Å². The average Bonchev–Trinajstić information content (AvgIpc) is 3.47. The van der Waals surface area contributed by atoms with Gasteiger partial charge in [0.05, 0.1) is 23.7 Å². The number of nitrogens with one attached hydrogen (secondary N) is 1. The highest BCUT2D eigenvalue weighted by Crippen LogP contribution is 2.52. The van der Waals surface area contributed by atoms with Crippen LogP contribution in [0.4, 0.5) is 10.1 Å². The van der Waals surface area contributed by atoms with Gasteiger partial charge in [-0.2, -0.15) is 10.1 Å². The van der Waals surface area contributed by atoms with E-state index in [1.54, 1.807) is 30.3 Å². The van der Waals surface area contributed by atoms with Gasteiger partial charge in [0, 0.05) is 0 Å². The summed E-state index contributed by atoms with van der Waals surface area (Å²) in [5, 5.41) is 7.57.